The fourth-order valence-electron chi connectivity index (χ4n) is 1.67. The van der Waals surface area contributed by atoms with Crippen LogP contribution in [0.4, 0.5) is 0 Å². The summed E-state index contributed by atoms with van der Waals surface area (Å²) < 4.78 is 9.92. The topological polar surface area (TPSA) is 50.8 Å². The molecule has 0 amide bonds. The number of hydrogen-bond acceptors (Lipinski definition) is 5. The lowest BCUT2D eigenvalue weighted by Crippen LogP contribution is -2.41. The Morgan fingerprint density at radius 1 is 1.50 bits per heavy atom. The molecule has 0 unspecified atom stereocenters. The van der Waals surface area contributed by atoms with Gasteiger partial charge < -0.3 is 14.8 Å². The number of morpholine rings is 1. The Bertz CT molecular complexity index is 205. The summed E-state index contributed by atoms with van der Waals surface area (Å²) in [7, 11) is 1.42. The quantitative estimate of drug-likeness (QED) is 0.502. The lowest BCUT2D eigenvalue weighted by Gasteiger charge is -2.26. The van der Waals surface area contributed by atoms with Gasteiger partial charge in [0.2, 0.25) is 0 Å². The minimum Gasteiger partial charge on any atom is -0.469 e. The van der Waals surface area contributed by atoms with Crippen LogP contribution in [0.15, 0.2) is 0 Å². The maximum atomic E-state index is 11.1. The standard InChI is InChI=1S/C11H22N2O3/c1-10(11(14)15-2)9-12-3-4-13-5-7-16-8-6-13/h10,12H,3-9H2,1-2H3/t10-/m1/s1. The number of ether oxygens (including phenoxy) is 2. The zero-order valence-corrected chi connectivity index (χ0v) is 10.2. The highest BCUT2D eigenvalue weighted by atomic mass is 16.5. The number of hydrogen-bond donors (Lipinski definition) is 1. The predicted molar refractivity (Wildman–Crippen MR) is 61.3 cm³/mol. The Kier molecular flexibility index (Phi) is 6.37. The van der Waals surface area contributed by atoms with Crippen LogP contribution in [0.1, 0.15) is 6.92 Å². The molecule has 0 aromatic rings. The smallest absolute Gasteiger partial charge is 0.309 e. The Hall–Kier alpha value is -0.650. The molecule has 1 fully saturated rings. The van der Waals surface area contributed by atoms with E-state index in [2.05, 4.69) is 15.0 Å². The summed E-state index contributed by atoms with van der Waals surface area (Å²) in [6, 6.07) is 0. The Morgan fingerprint density at radius 3 is 2.81 bits per heavy atom. The van der Waals surface area contributed by atoms with Gasteiger partial charge in [-0.15, -0.1) is 0 Å². The van der Waals surface area contributed by atoms with E-state index in [1.165, 1.54) is 7.11 Å². The monoisotopic (exact) mass is 230 g/mol. The summed E-state index contributed by atoms with van der Waals surface area (Å²) in [5, 5.41) is 3.26. The van der Waals surface area contributed by atoms with Crippen LogP contribution in [0.5, 0.6) is 0 Å². The lowest BCUT2D eigenvalue weighted by molar-refractivity contribution is -0.144. The summed E-state index contributed by atoms with van der Waals surface area (Å²) in [5.41, 5.74) is 0. The van der Waals surface area contributed by atoms with E-state index in [0.29, 0.717) is 6.54 Å². The molecule has 0 spiro atoms. The summed E-state index contributed by atoms with van der Waals surface area (Å²) in [6.07, 6.45) is 0. The van der Waals surface area contributed by atoms with Crippen molar-refractivity contribution in [3.63, 3.8) is 0 Å². The molecular formula is C11H22N2O3. The Morgan fingerprint density at radius 2 is 2.19 bits per heavy atom. The SMILES string of the molecule is COC(=O)[C@H](C)CNCCN1CCOCC1. The first-order valence-corrected chi connectivity index (χ1v) is 5.82. The first-order valence-electron chi connectivity index (χ1n) is 5.82. The number of nitrogens with one attached hydrogen (secondary N) is 1. The molecule has 0 aromatic heterocycles. The third-order valence-corrected chi connectivity index (χ3v) is 2.76. The third-order valence-electron chi connectivity index (χ3n) is 2.76. The van der Waals surface area contributed by atoms with Gasteiger partial charge in [0.25, 0.3) is 0 Å². The van der Waals surface area contributed by atoms with Crippen LogP contribution in [-0.4, -0.2) is 63.9 Å². The van der Waals surface area contributed by atoms with Crippen LogP contribution >= 0.6 is 0 Å². The first-order chi connectivity index (χ1) is 7.74. The molecule has 1 aliphatic rings. The van der Waals surface area contributed by atoms with E-state index in [4.69, 9.17) is 4.74 Å². The van der Waals surface area contributed by atoms with Crippen LogP contribution in [0.3, 0.4) is 0 Å². The predicted octanol–water partition coefficient (Wildman–Crippen LogP) is -0.283. The van der Waals surface area contributed by atoms with Gasteiger partial charge in [-0.25, -0.2) is 0 Å². The highest BCUT2D eigenvalue weighted by Gasteiger charge is 2.13. The van der Waals surface area contributed by atoms with Crippen molar-refractivity contribution >= 4 is 5.97 Å². The second kappa shape index (κ2) is 7.60. The molecule has 5 nitrogen and oxygen atoms in total. The normalized spacial score (nSPS) is 19.4. The molecule has 16 heavy (non-hydrogen) atoms. The molecular weight excluding hydrogens is 208 g/mol. The molecule has 1 N–H and O–H groups in total. The molecule has 0 bridgehead atoms. The zero-order chi connectivity index (χ0) is 11.8. The Labute approximate surface area is 97.1 Å². The van der Waals surface area contributed by atoms with Gasteiger partial charge in [0.15, 0.2) is 0 Å². The summed E-state index contributed by atoms with van der Waals surface area (Å²) in [6.45, 7) is 8.14. The van der Waals surface area contributed by atoms with Crippen molar-refractivity contribution in [2.24, 2.45) is 5.92 Å². The number of nitrogens with zero attached hydrogens (tertiary/aromatic N) is 1. The maximum absolute atomic E-state index is 11.1. The molecule has 0 aliphatic carbocycles. The van der Waals surface area contributed by atoms with Gasteiger partial charge in [-0.3, -0.25) is 9.69 Å². The van der Waals surface area contributed by atoms with Crippen LogP contribution in [0, 0.1) is 5.92 Å². The minimum absolute atomic E-state index is 0.0744. The van der Waals surface area contributed by atoms with Crippen molar-refractivity contribution in [2.75, 3.05) is 53.0 Å². The van der Waals surface area contributed by atoms with Gasteiger partial charge in [-0.1, -0.05) is 6.92 Å². The second-order valence-corrected chi connectivity index (χ2v) is 4.08. The minimum atomic E-state index is -0.154. The molecule has 0 aromatic carbocycles. The molecule has 1 atom stereocenters. The van der Waals surface area contributed by atoms with Crippen molar-refractivity contribution in [2.45, 2.75) is 6.92 Å². The van der Waals surface area contributed by atoms with E-state index in [-0.39, 0.29) is 11.9 Å². The van der Waals surface area contributed by atoms with E-state index >= 15 is 0 Å². The van der Waals surface area contributed by atoms with Gasteiger partial charge in [-0.2, -0.15) is 0 Å². The zero-order valence-electron chi connectivity index (χ0n) is 10.2. The maximum Gasteiger partial charge on any atom is 0.309 e. The van der Waals surface area contributed by atoms with E-state index in [0.717, 1.165) is 39.4 Å². The number of carbonyl (C=O) groups is 1. The molecule has 0 saturated carbocycles. The molecule has 1 aliphatic heterocycles. The summed E-state index contributed by atoms with van der Waals surface area (Å²) >= 11 is 0. The molecule has 1 rings (SSSR count). The van der Waals surface area contributed by atoms with Crippen LogP contribution in [0.25, 0.3) is 0 Å². The fourth-order valence-corrected chi connectivity index (χ4v) is 1.67. The largest absolute Gasteiger partial charge is 0.469 e. The van der Waals surface area contributed by atoms with Crippen molar-refractivity contribution in [1.82, 2.24) is 10.2 Å². The van der Waals surface area contributed by atoms with E-state index in [9.17, 15) is 4.79 Å². The van der Waals surface area contributed by atoms with Gasteiger partial charge in [0.05, 0.1) is 26.2 Å². The average molecular weight is 230 g/mol. The molecule has 5 heteroatoms. The molecule has 0 radical (unpaired) electrons. The average Bonchev–Trinajstić information content (AvgIpc) is 2.34. The second-order valence-electron chi connectivity index (χ2n) is 4.08. The van der Waals surface area contributed by atoms with E-state index in [1.54, 1.807) is 0 Å². The van der Waals surface area contributed by atoms with Crippen molar-refractivity contribution < 1.29 is 14.3 Å². The van der Waals surface area contributed by atoms with Crippen molar-refractivity contribution in [1.29, 1.82) is 0 Å². The first kappa shape index (κ1) is 13.4. The van der Waals surface area contributed by atoms with E-state index in [1.807, 2.05) is 6.92 Å². The highest BCUT2D eigenvalue weighted by Crippen LogP contribution is 1.96. The van der Waals surface area contributed by atoms with Crippen molar-refractivity contribution in [3.8, 4) is 0 Å². The number of carbonyl (C=O) groups excluding carboxylic acids is 1. The van der Waals surface area contributed by atoms with Crippen LogP contribution in [-0.2, 0) is 14.3 Å². The van der Waals surface area contributed by atoms with Gasteiger partial charge >= 0.3 is 5.97 Å². The van der Waals surface area contributed by atoms with E-state index < -0.39 is 0 Å². The summed E-state index contributed by atoms with van der Waals surface area (Å²) in [4.78, 5) is 13.5. The fraction of sp³-hybridized carbons (Fsp3) is 0.909. The Balaban J connectivity index is 2.00. The van der Waals surface area contributed by atoms with Crippen LogP contribution < -0.4 is 5.32 Å². The third kappa shape index (κ3) is 4.92. The number of rotatable bonds is 6. The molecule has 1 heterocycles. The number of esters is 1. The number of methoxy groups -OCH3 is 1. The molecule has 94 valence electrons. The van der Waals surface area contributed by atoms with Crippen molar-refractivity contribution in [3.05, 3.63) is 0 Å². The van der Waals surface area contributed by atoms with Crippen LogP contribution in [0.2, 0.25) is 0 Å². The van der Waals surface area contributed by atoms with Gasteiger partial charge in [-0.05, 0) is 0 Å². The highest BCUT2D eigenvalue weighted by molar-refractivity contribution is 5.71. The summed E-state index contributed by atoms with van der Waals surface area (Å²) in [5.74, 6) is -0.228. The van der Waals surface area contributed by atoms with Gasteiger partial charge in [0.1, 0.15) is 0 Å². The van der Waals surface area contributed by atoms with Gasteiger partial charge in [0, 0.05) is 32.7 Å². The lowest BCUT2D eigenvalue weighted by atomic mass is 10.2. The molecule has 1 saturated heterocycles.